The number of hydrogen-bond donors (Lipinski definition) is 2. The Bertz CT molecular complexity index is 960. The van der Waals surface area contributed by atoms with Crippen molar-refractivity contribution >= 4 is 38.9 Å². The maximum atomic E-state index is 12.9. The van der Waals surface area contributed by atoms with E-state index >= 15 is 0 Å². The Morgan fingerprint density at radius 3 is 2.41 bits per heavy atom. The van der Waals surface area contributed by atoms with Gasteiger partial charge in [-0.2, -0.15) is 0 Å². The summed E-state index contributed by atoms with van der Waals surface area (Å²) in [6.07, 6.45) is 1.03. The van der Waals surface area contributed by atoms with E-state index in [0.717, 1.165) is 4.88 Å². The molecule has 27 heavy (non-hydrogen) atoms. The predicted molar refractivity (Wildman–Crippen MR) is 104 cm³/mol. The molecule has 1 aromatic heterocycles. The van der Waals surface area contributed by atoms with Crippen molar-refractivity contribution in [1.82, 2.24) is 4.90 Å². The highest BCUT2D eigenvalue weighted by molar-refractivity contribution is 7.94. The molecule has 1 aliphatic rings. The first-order valence-electron chi connectivity index (χ1n) is 8.55. The van der Waals surface area contributed by atoms with Crippen molar-refractivity contribution in [1.29, 1.82) is 0 Å². The van der Waals surface area contributed by atoms with Gasteiger partial charge in [0.15, 0.2) is 0 Å². The highest BCUT2D eigenvalue weighted by Gasteiger charge is 2.28. The van der Waals surface area contributed by atoms with Gasteiger partial charge in [-0.3, -0.25) is 14.3 Å². The summed E-state index contributed by atoms with van der Waals surface area (Å²) < 4.78 is 27.9. The molecular weight excluding hydrogens is 386 g/mol. The number of nitrogens with one attached hydrogen (secondary N) is 1. The van der Waals surface area contributed by atoms with E-state index in [-0.39, 0.29) is 33.2 Å². The lowest BCUT2D eigenvalue weighted by molar-refractivity contribution is -0.123. The number of benzene rings is 1. The van der Waals surface area contributed by atoms with Gasteiger partial charge in [0, 0.05) is 23.9 Å². The minimum Gasteiger partial charge on any atom is -0.369 e. The fourth-order valence-electron chi connectivity index (χ4n) is 3.05. The molecule has 0 spiro atoms. The third-order valence-electron chi connectivity index (χ3n) is 4.57. The van der Waals surface area contributed by atoms with Gasteiger partial charge in [-0.25, -0.2) is 8.42 Å². The van der Waals surface area contributed by atoms with E-state index in [1.165, 1.54) is 11.3 Å². The smallest absolute Gasteiger partial charge is 0.271 e. The molecule has 2 aromatic rings. The molecule has 1 saturated heterocycles. The highest BCUT2D eigenvalue weighted by Crippen LogP contribution is 2.27. The highest BCUT2D eigenvalue weighted by atomic mass is 32.2. The lowest BCUT2D eigenvalue weighted by atomic mass is 9.96. The average molecular weight is 408 g/mol. The van der Waals surface area contributed by atoms with Gasteiger partial charge in [0.05, 0.1) is 11.3 Å². The van der Waals surface area contributed by atoms with Crippen LogP contribution < -0.4 is 10.5 Å². The van der Waals surface area contributed by atoms with Crippen molar-refractivity contribution in [2.24, 2.45) is 11.7 Å². The quantitative estimate of drug-likeness (QED) is 0.792. The molecule has 1 aromatic carbocycles. The van der Waals surface area contributed by atoms with Gasteiger partial charge in [0.25, 0.3) is 15.9 Å². The zero-order valence-corrected chi connectivity index (χ0v) is 16.5. The molecule has 0 unspecified atom stereocenters. The van der Waals surface area contributed by atoms with Gasteiger partial charge in [-0.05, 0) is 44.0 Å². The number of carbonyl (C=O) groups excluding carboxylic acids is 2. The standard InChI is InChI=1S/C18H21N3O4S2/c1-12-6-7-16(26-12)27(24,25)20-15-5-3-2-4-14(15)18(23)21-10-8-13(9-11-21)17(19)22/h2-7,13,20H,8-11H2,1H3,(H2,19,22). The molecule has 7 nitrogen and oxygen atoms in total. The van der Waals surface area contributed by atoms with Crippen molar-refractivity contribution in [3.63, 3.8) is 0 Å². The number of likely N-dealkylation sites (tertiary alicyclic amines) is 1. The first-order chi connectivity index (χ1) is 12.8. The Morgan fingerprint density at radius 2 is 1.81 bits per heavy atom. The predicted octanol–water partition coefficient (Wildman–Crippen LogP) is 2.19. The summed E-state index contributed by atoms with van der Waals surface area (Å²) in [6, 6.07) is 9.81. The number of nitrogens with zero attached hydrogens (tertiary/aromatic N) is 1. The topological polar surface area (TPSA) is 110 Å². The number of carbonyl (C=O) groups is 2. The Hall–Kier alpha value is -2.39. The summed E-state index contributed by atoms with van der Waals surface area (Å²) in [7, 11) is -3.76. The van der Waals surface area contributed by atoms with Crippen LogP contribution in [0.2, 0.25) is 0 Å². The number of sulfonamides is 1. The monoisotopic (exact) mass is 407 g/mol. The van der Waals surface area contributed by atoms with Crippen LogP contribution in [-0.2, 0) is 14.8 Å². The SMILES string of the molecule is Cc1ccc(S(=O)(=O)Nc2ccccc2C(=O)N2CCC(C(N)=O)CC2)s1. The van der Waals surface area contributed by atoms with Crippen LogP contribution in [0, 0.1) is 12.8 Å². The molecule has 2 amide bonds. The summed E-state index contributed by atoms with van der Waals surface area (Å²) in [4.78, 5) is 26.7. The average Bonchev–Trinajstić information content (AvgIpc) is 3.09. The number of amides is 2. The Balaban J connectivity index is 1.80. The van der Waals surface area contributed by atoms with Crippen LogP contribution in [0.1, 0.15) is 28.1 Å². The van der Waals surface area contributed by atoms with Crippen LogP contribution in [0.5, 0.6) is 0 Å². The van der Waals surface area contributed by atoms with Gasteiger partial charge in [0.2, 0.25) is 5.91 Å². The lowest BCUT2D eigenvalue weighted by Crippen LogP contribution is -2.42. The van der Waals surface area contributed by atoms with Crippen molar-refractivity contribution < 1.29 is 18.0 Å². The van der Waals surface area contributed by atoms with Crippen molar-refractivity contribution in [3.8, 4) is 0 Å². The molecular formula is C18H21N3O4S2. The van der Waals surface area contributed by atoms with Crippen LogP contribution in [0.15, 0.2) is 40.6 Å². The maximum absolute atomic E-state index is 12.9. The molecule has 0 atom stereocenters. The van der Waals surface area contributed by atoms with E-state index in [1.54, 1.807) is 41.3 Å². The number of anilines is 1. The third-order valence-corrected chi connectivity index (χ3v) is 7.42. The van der Waals surface area contributed by atoms with Gasteiger partial charge in [-0.1, -0.05) is 12.1 Å². The second-order valence-corrected chi connectivity index (χ2v) is 9.68. The second kappa shape index (κ2) is 7.69. The molecule has 1 fully saturated rings. The molecule has 0 saturated carbocycles. The summed E-state index contributed by atoms with van der Waals surface area (Å²) >= 11 is 1.17. The van der Waals surface area contributed by atoms with Crippen LogP contribution in [0.4, 0.5) is 5.69 Å². The Labute approximate surface area is 162 Å². The Morgan fingerprint density at radius 1 is 1.15 bits per heavy atom. The van der Waals surface area contributed by atoms with E-state index in [2.05, 4.69) is 4.72 Å². The van der Waals surface area contributed by atoms with Crippen LogP contribution in [-0.4, -0.2) is 38.2 Å². The first kappa shape index (κ1) is 19.4. The number of primary amides is 1. The molecule has 0 bridgehead atoms. The molecule has 3 rings (SSSR count). The summed E-state index contributed by atoms with van der Waals surface area (Å²) in [5, 5.41) is 0. The number of rotatable bonds is 5. The van der Waals surface area contributed by atoms with Gasteiger partial charge in [0.1, 0.15) is 4.21 Å². The second-order valence-electron chi connectivity index (χ2n) is 6.49. The van der Waals surface area contributed by atoms with Gasteiger partial charge in [-0.15, -0.1) is 11.3 Å². The number of aryl methyl sites for hydroxylation is 1. The van der Waals surface area contributed by atoms with Crippen molar-refractivity contribution in [2.75, 3.05) is 17.8 Å². The molecule has 1 aliphatic heterocycles. The molecule has 0 aliphatic carbocycles. The molecule has 0 radical (unpaired) electrons. The van der Waals surface area contributed by atoms with Crippen molar-refractivity contribution in [2.45, 2.75) is 24.0 Å². The molecule has 144 valence electrons. The summed E-state index contributed by atoms with van der Waals surface area (Å²) in [5.41, 5.74) is 5.86. The van der Waals surface area contributed by atoms with Crippen LogP contribution >= 0.6 is 11.3 Å². The fourth-order valence-corrected chi connectivity index (χ4v) is 5.41. The summed E-state index contributed by atoms with van der Waals surface area (Å²) in [6.45, 7) is 2.66. The normalized spacial score (nSPS) is 15.5. The van der Waals surface area contributed by atoms with Gasteiger partial charge < -0.3 is 10.6 Å². The fraction of sp³-hybridized carbons (Fsp3) is 0.333. The largest absolute Gasteiger partial charge is 0.369 e. The zero-order chi connectivity index (χ0) is 19.6. The van der Waals surface area contributed by atoms with E-state index in [0.29, 0.717) is 25.9 Å². The number of thiophene rings is 1. The summed E-state index contributed by atoms with van der Waals surface area (Å²) in [5.74, 6) is -0.829. The molecule has 9 heteroatoms. The molecule has 2 heterocycles. The Kier molecular flexibility index (Phi) is 5.52. The molecule has 3 N–H and O–H groups in total. The van der Waals surface area contributed by atoms with Crippen LogP contribution in [0.25, 0.3) is 0 Å². The van der Waals surface area contributed by atoms with E-state index < -0.39 is 10.0 Å². The number of nitrogens with two attached hydrogens (primary N) is 1. The number of piperidine rings is 1. The zero-order valence-electron chi connectivity index (χ0n) is 14.8. The van der Waals surface area contributed by atoms with Crippen molar-refractivity contribution in [3.05, 3.63) is 46.8 Å². The number of hydrogen-bond acceptors (Lipinski definition) is 5. The number of para-hydroxylation sites is 1. The maximum Gasteiger partial charge on any atom is 0.271 e. The third kappa shape index (κ3) is 4.30. The van der Waals surface area contributed by atoms with Gasteiger partial charge >= 0.3 is 0 Å². The van der Waals surface area contributed by atoms with Crippen LogP contribution in [0.3, 0.4) is 0 Å². The van der Waals surface area contributed by atoms with E-state index in [4.69, 9.17) is 5.73 Å². The van der Waals surface area contributed by atoms with E-state index in [9.17, 15) is 18.0 Å². The van der Waals surface area contributed by atoms with E-state index in [1.807, 2.05) is 6.92 Å². The first-order valence-corrected chi connectivity index (χ1v) is 10.8. The minimum atomic E-state index is -3.76. The lowest BCUT2D eigenvalue weighted by Gasteiger charge is -2.31. The minimum absolute atomic E-state index is 0.199.